The van der Waals surface area contributed by atoms with Crippen molar-refractivity contribution in [3.8, 4) is 0 Å². The van der Waals surface area contributed by atoms with Gasteiger partial charge in [-0.05, 0) is 126 Å². The average Bonchev–Trinajstić information content (AvgIpc) is 3.46. The average molecular weight is 1170 g/mol. The van der Waals surface area contributed by atoms with Crippen LogP contribution in [0, 0.1) is 58.2 Å². The van der Waals surface area contributed by atoms with Crippen LogP contribution in [0.4, 0.5) is 0 Å². The Kier molecular flexibility index (Phi) is 32.1. The topological polar surface area (TPSA) is 339 Å². The van der Waals surface area contributed by atoms with Crippen molar-refractivity contribution in [2.45, 2.75) is 156 Å². The summed E-state index contributed by atoms with van der Waals surface area (Å²) in [6.45, 7) is 13.1. The Labute approximate surface area is 476 Å². The van der Waals surface area contributed by atoms with Crippen LogP contribution < -0.4 is 0 Å². The molecule has 0 saturated heterocycles. The fourth-order valence-corrected chi connectivity index (χ4v) is 10.4. The number of carboxylic acids is 3. The zero-order valence-corrected chi connectivity index (χ0v) is 48.7. The van der Waals surface area contributed by atoms with Crippen molar-refractivity contribution in [1.29, 1.82) is 0 Å². The summed E-state index contributed by atoms with van der Waals surface area (Å²) in [5.74, 6) is -4.11. The Hall–Kier alpha value is -5.91. The van der Waals surface area contributed by atoms with Crippen LogP contribution in [0.3, 0.4) is 0 Å². The predicted octanol–water partition coefficient (Wildman–Crippen LogP) is 7.20. The molecule has 0 radical (unpaired) electrons. The van der Waals surface area contributed by atoms with E-state index in [1.165, 1.54) is 0 Å². The summed E-state index contributed by atoms with van der Waals surface area (Å²) in [5.41, 5.74) is -1.17. The van der Waals surface area contributed by atoms with E-state index in [4.69, 9.17) is 48.5 Å². The van der Waals surface area contributed by atoms with Crippen LogP contribution in [0.25, 0.3) is 0 Å². The zero-order chi connectivity index (χ0) is 60.8. The molecule has 0 spiro atoms. The van der Waals surface area contributed by atoms with Crippen LogP contribution in [-0.2, 0) is 95.4 Å². The minimum absolute atomic E-state index is 0.00744. The first kappa shape index (κ1) is 71.2. The van der Waals surface area contributed by atoms with Crippen LogP contribution in [-0.4, -0.2) is 143 Å². The molecule has 0 aromatic carbocycles. The molecule has 4 fully saturated rings. The first-order chi connectivity index (χ1) is 38.0. The molecule has 4 saturated carbocycles. The molecular formula is C57H88O23S. The largest absolute Gasteiger partial charge is 0.481 e. The molecule has 4 aliphatic carbocycles. The van der Waals surface area contributed by atoms with Crippen LogP contribution in [0.2, 0.25) is 0 Å². The molecule has 24 heteroatoms. The van der Waals surface area contributed by atoms with Crippen LogP contribution >= 0.6 is 0 Å². The Morgan fingerprint density at radius 2 is 0.667 bits per heavy atom. The zero-order valence-electron chi connectivity index (χ0n) is 47.9. The summed E-state index contributed by atoms with van der Waals surface area (Å²) >= 11 is 0. The van der Waals surface area contributed by atoms with E-state index in [0.29, 0.717) is 23.7 Å². The Bertz CT molecular complexity index is 2160. The van der Waals surface area contributed by atoms with E-state index in [0.717, 1.165) is 121 Å². The van der Waals surface area contributed by atoms with Crippen molar-refractivity contribution < 1.29 is 109 Å². The highest BCUT2D eigenvalue weighted by Gasteiger charge is 2.36. The molecule has 0 unspecified atom stereocenters. The Balaban J connectivity index is 0.000000447. The standard InChI is InChI=1S/C28H42O10.C15H24O9S.C14H22O4/c1-4-23(29)37-17-28(2,3)18-38-25(31)14-13-24(30)35-15-16-36-27(34)22-11-7-20(8-12-22)19-5-9-21(10-6-19)26(32)33;1-5-12(16)22-10-15(2,3)11-23-14(18)7-6-13(17)21-8-9-24-25(4,19)20;15-13(16)11-5-1-9(2-6-11)10-3-7-12(8-4-10)14(17)18/h4,19-22H,1,5-18H2,2-3H3,(H,32,33);5H,1,6-11H2,2-4H3;9-12H,1-8H2,(H,15,16)(H,17,18). The Morgan fingerprint density at radius 3 is 0.951 bits per heavy atom. The maximum Gasteiger partial charge on any atom is 0.330 e. The third-order valence-corrected chi connectivity index (χ3v) is 15.5. The van der Waals surface area contributed by atoms with E-state index >= 15 is 0 Å². The number of carboxylic acid groups (broad SMARTS) is 3. The lowest BCUT2D eigenvalue weighted by atomic mass is 9.69. The van der Waals surface area contributed by atoms with Crippen molar-refractivity contribution >= 4 is 69.8 Å². The van der Waals surface area contributed by atoms with Gasteiger partial charge in [0.1, 0.15) is 26.4 Å². The van der Waals surface area contributed by atoms with Gasteiger partial charge in [-0.15, -0.1) is 0 Å². The van der Waals surface area contributed by atoms with Gasteiger partial charge in [0.05, 0.1) is 82.0 Å². The number of rotatable bonds is 29. The lowest BCUT2D eigenvalue weighted by Crippen LogP contribution is -2.30. The molecule has 23 nitrogen and oxygen atoms in total. The molecule has 0 atom stereocenters. The quantitative estimate of drug-likeness (QED) is 0.0219. The highest BCUT2D eigenvalue weighted by molar-refractivity contribution is 7.85. The molecule has 4 aliphatic rings. The van der Waals surface area contributed by atoms with Crippen molar-refractivity contribution in [1.82, 2.24) is 0 Å². The lowest BCUT2D eigenvalue weighted by Gasteiger charge is -2.36. The number of carbonyl (C=O) groups excluding carboxylic acids is 7. The lowest BCUT2D eigenvalue weighted by molar-refractivity contribution is -0.157. The molecule has 460 valence electrons. The summed E-state index contributed by atoms with van der Waals surface area (Å²) < 4.78 is 60.8. The van der Waals surface area contributed by atoms with Gasteiger partial charge in [0, 0.05) is 23.0 Å². The molecule has 0 bridgehead atoms. The van der Waals surface area contributed by atoms with Gasteiger partial charge in [0.15, 0.2) is 0 Å². The number of ether oxygens (including phenoxy) is 7. The van der Waals surface area contributed by atoms with Gasteiger partial charge < -0.3 is 48.5 Å². The molecule has 0 aliphatic heterocycles. The monoisotopic (exact) mass is 1170 g/mol. The number of esters is 7. The maximum absolute atomic E-state index is 12.4. The van der Waals surface area contributed by atoms with Crippen LogP contribution in [0.15, 0.2) is 25.3 Å². The Morgan fingerprint density at radius 1 is 0.407 bits per heavy atom. The van der Waals surface area contributed by atoms with E-state index in [-0.39, 0.29) is 108 Å². The van der Waals surface area contributed by atoms with Gasteiger partial charge in [-0.3, -0.25) is 42.5 Å². The normalized spacial score (nSPS) is 22.8. The second-order valence-electron chi connectivity index (χ2n) is 22.9. The van der Waals surface area contributed by atoms with E-state index in [2.05, 4.69) is 17.3 Å². The van der Waals surface area contributed by atoms with Gasteiger partial charge in [0.25, 0.3) is 10.1 Å². The van der Waals surface area contributed by atoms with E-state index in [1.54, 1.807) is 27.7 Å². The van der Waals surface area contributed by atoms with Gasteiger partial charge in [0.2, 0.25) is 0 Å². The molecule has 81 heavy (non-hydrogen) atoms. The highest BCUT2D eigenvalue weighted by atomic mass is 32.2. The van der Waals surface area contributed by atoms with Crippen molar-refractivity contribution in [2.24, 2.45) is 58.2 Å². The third kappa shape index (κ3) is 31.2. The van der Waals surface area contributed by atoms with Crippen molar-refractivity contribution in [3.63, 3.8) is 0 Å². The van der Waals surface area contributed by atoms with Crippen LogP contribution in [0.1, 0.15) is 156 Å². The SMILES string of the molecule is C=CC(=O)OCC(C)(C)COC(=O)CCC(=O)OCCOC(=O)C1CCC(C2CCC(C(=O)O)CC2)CC1.C=CC(=O)OCC(C)(C)COC(=O)CCC(=O)OCCOS(C)(=O)=O.O=C(O)C1CCC(C2CCC(C(=O)O)CC2)CC1. The second-order valence-corrected chi connectivity index (χ2v) is 24.5. The maximum atomic E-state index is 12.4. The smallest absolute Gasteiger partial charge is 0.330 e. The van der Waals surface area contributed by atoms with E-state index < -0.39 is 74.7 Å². The first-order valence-corrected chi connectivity index (χ1v) is 29.8. The summed E-state index contributed by atoms with van der Waals surface area (Å²) in [5, 5.41) is 27.1. The number of hydrogen-bond donors (Lipinski definition) is 3. The fourth-order valence-electron chi connectivity index (χ4n) is 10.1. The minimum Gasteiger partial charge on any atom is -0.481 e. The van der Waals surface area contributed by atoms with Gasteiger partial charge in [-0.25, -0.2) is 9.59 Å². The second kappa shape index (κ2) is 36.5. The van der Waals surface area contributed by atoms with Gasteiger partial charge >= 0.3 is 59.7 Å². The third-order valence-electron chi connectivity index (χ3n) is 14.9. The van der Waals surface area contributed by atoms with E-state index in [1.807, 2.05) is 0 Å². The van der Waals surface area contributed by atoms with Crippen molar-refractivity contribution in [3.05, 3.63) is 25.3 Å². The molecule has 4 rings (SSSR count). The predicted molar refractivity (Wildman–Crippen MR) is 289 cm³/mol. The molecule has 0 amide bonds. The van der Waals surface area contributed by atoms with Gasteiger partial charge in [-0.1, -0.05) is 40.9 Å². The van der Waals surface area contributed by atoms with Crippen LogP contribution in [0.5, 0.6) is 0 Å². The highest BCUT2D eigenvalue weighted by Crippen LogP contribution is 2.43. The summed E-state index contributed by atoms with van der Waals surface area (Å²) in [6.07, 6.45) is 16.4. The molecule has 0 aromatic rings. The van der Waals surface area contributed by atoms with E-state index in [9.17, 15) is 56.4 Å². The minimum atomic E-state index is -3.58. The molecule has 3 N–H and O–H groups in total. The number of aliphatic carboxylic acids is 3. The summed E-state index contributed by atoms with van der Waals surface area (Å²) in [7, 11) is -3.58. The molecule has 0 heterocycles. The molecule has 0 aromatic heterocycles. The first-order valence-electron chi connectivity index (χ1n) is 27.9. The summed E-state index contributed by atoms with van der Waals surface area (Å²) in [6, 6.07) is 0. The van der Waals surface area contributed by atoms with Crippen molar-refractivity contribution in [2.75, 3.05) is 59.1 Å². The number of hydrogen-bond acceptors (Lipinski definition) is 20. The van der Waals surface area contributed by atoms with Gasteiger partial charge in [-0.2, -0.15) is 8.42 Å². The fraction of sp³-hybridized carbons (Fsp3) is 0.754. The molecular weight excluding hydrogens is 1080 g/mol. The number of carbonyl (C=O) groups is 10. The summed E-state index contributed by atoms with van der Waals surface area (Å²) in [4.78, 5) is 114.